The summed E-state index contributed by atoms with van der Waals surface area (Å²) in [6, 6.07) is 5.71. The van der Waals surface area contributed by atoms with E-state index in [9.17, 15) is 4.79 Å². The molecule has 0 atom stereocenters. The summed E-state index contributed by atoms with van der Waals surface area (Å²) in [5, 5.41) is 3.53. The van der Waals surface area contributed by atoms with Gasteiger partial charge in [-0.15, -0.1) is 0 Å². The summed E-state index contributed by atoms with van der Waals surface area (Å²) in [7, 11) is 0. The molecule has 1 aromatic carbocycles. The highest BCUT2D eigenvalue weighted by Gasteiger charge is 2.07. The molecular weight excluding hydrogens is 310 g/mol. The molecule has 0 radical (unpaired) electrons. The first-order valence-electron chi connectivity index (χ1n) is 6.42. The summed E-state index contributed by atoms with van der Waals surface area (Å²) in [5.41, 5.74) is 0.995. The van der Waals surface area contributed by atoms with Crippen LogP contribution in [0.5, 0.6) is 11.5 Å². The maximum Gasteiger partial charge on any atom is 0.221 e. The van der Waals surface area contributed by atoms with Crippen molar-refractivity contribution in [2.45, 2.75) is 26.8 Å². The van der Waals surface area contributed by atoms with Crippen molar-refractivity contribution in [1.82, 2.24) is 5.32 Å². The van der Waals surface area contributed by atoms with Crippen molar-refractivity contribution < 1.29 is 14.3 Å². The molecule has 0 aromatic heterocycles. The van der Waals surface area contributed by atoms with Gasteiger partial charge in [0.15, 0.2) is 11.5 Å². The van der Waals surface area contributed by atoms with Crippen molar-refractivity contribution in [3.05, 3.63) is 23.8 Å². The van der Waals surface area contributed by atoms with Crippen LogP contribution in [-0.4, -0.2) is 24.5 Å². The van der Waals surface area contributed by atoms with Crippen molar-refractivity contribution in [3.63, 3.8) is 0 Å². The highest BCUT2D eigenvalue weighted by atomic mass is 79.9. The Morgan fingerprint density at radius 3 is 2.53 bits per heavy atom. The number of halogens is 1. The molecule has 0 heterocycles. The summed E-state index contributed by atoms with van der Waals surface area (Å²) >= 11 is 3.24. The van der Waals surface area contributed by atoms with Crippen LogP contribution in [0.4, 0.5) is 0 Å². The van der Waals surface area contributed by atoms with E-state index in [1.54, 1.807) is 0 Å². The van der Waals surface area contributed by atoms with Gasteiger partial charge in [0.25, 0.3) is 0 Å². The highest BCUT2D eigenvalue weighted by molar-refractivity contribution is 9.09. The van der Waals surface area contributed by atoms with Gasteiger partial charge >= 0.3 is 0 Å². The third kappa shape index (κ3) is 5.51. The fourth-order valence-electron chi connectivity index (χ4n) is 1.58. The van der Waals surface area contributed by atoms with Crippen LogP contribution in [0.3, 0.4) is 0 Å². The summed E-state index contributed by atoms with van der Waals surface area (Å²) < 4.78 is 11.0. The first-order chi connectivity index (χ1) is 9.21. The number of amides is 1. The second-order valence-electron chi connectivity index (χ2n) is 3.86. The van der Waals surface area contributed by atoms with Crippen LogP contribution in [0.2, 0.25) is 0 Å². The van der Waals surface area contributed by atoms with E-state index in [-0.39, 0.29) is 5.91 Å². The number of rotatable bonds is 8. The molecule has 19 heavy (non-hydrogen) atoms. The third-order valence-corrected chi connectivity index (χ3v) is 2.82. The predicted molar refractivity (Wildman–Crippen MR) is 79.0 cm³/mol. The predicted octanol–water partition coefficient (Wildman–Crippen LogP) is 2.89. The monoisotopic (exact) mass is 329 g/mol. The Kier molecular flexibility index (Phi) is 7.33. The van der Waals surface area contributed by atoms with Crippen LogP contribution < -0.4 is 14.8 Å². The van der Waals surface area contributed by atoms with Crippen LogP contribution in [0.15, 0.2) is 18.2 Å². The van der Waals surface area contributed by atoms with Gasteiger partial charge in [0.1, 0.15) is 0 Å². The molecule has 1 amide bonds. The van der Waals surface area contributed by atoms with Gasteiger partial charge in [0.2, 0.25) is 5.91 Å². The van der Waals surface area contributed by atoms with Crippen LogP contribution in [0, 0.1) is 0 Å². The Morgan fingerprint density at radius 2 is 1.89 bits per heavy atom. The van der Waals surface area contributed by atoms with Gasteiger partial charge in [-0.25, -0.2) is 0 Å². The zero-order chi connectivity index (χ0) is 14.1. The Labute approximate surface area is 122 Å². The van der Waals surface area contributed by atoms with E-state index in [1.807, 2.05) is 32.0 Å². The summed E-state index contributed by atoms with van der Waals surface area (Å²) in [6.45, 7) is 5.55. The first kappa shape index (κ1) is 15.8. The van der Waals surface area contributed by atoms with Crippen molar-refractivity contribution in [2.24, 2.45) is 0 Å². The standard InChI is InChI=1S/C14H20BrNO3/c1-3-18-12-6-5-11(9-13(12)19-4-2)10-16-14(17)7-8-15/h5-6,9H,3-4,7-8,10H2,1-2H3,(H,16,17). The van der Waals surface area contributed by atoms with Gasteiger partial charge in [-0.05, 0) is 31.5 Å². The lowest BCUT2D eigenvalue weighted by Crippen LogP contribution is -2.22. The molecule has 0 saturated heterocycles. The molecular formula is C14H20BrNO3. The fourth-order valence-corrected chi connectivity index (χ4v) is 1.94. The van der Waals surface area contributed by atoms with Crippen molar-refractivity contribution in [3.8, 4) is 11.5 Å². The molecule has 4 nitrogen and oxygen atoms in total. The summed E-state index contributed by atoms with van der Waals surface area (Å²) in [4.78, 5) is 11.4. The van der Waals surface area contributed by atoms with Crippen LogP contribution in [0.1, 0.15) is 25.8 Å². The molecule has 0 spiro atoms. The van der Waals surface area contributed by atoms with Crippen molar-refractivity contribution in [1.29, 1.82) is 0 Å². The van der Waals surface area contributed by atoms with E-state index in [0.717, 1.165) is 17.1 Å². The number of nitrogens with one attached hydrogen (secondary N) is 1. The molecule has 0 aliphatic heterocycles. The van der Waals surface area contributed by atoms with Crippen molar-refractivity contribution >= 4 is 21.8 Å². The Morgan fingerprint density at radius 1 is 1.21 bits per heavy atom. The number of carbonyl (C=O) groups excluding carboxylic acids is 1. The van der Waals surface area contributed by atoms with Crippen LogP contribution in [-0.2, 0) is 11.3 Å². The van der Waals surface area contributed by atoms with Gasteiger partial charge in [0, 0.05) is 18.3 Å². The minimum absolute atomic E-state index is 0.0312. The number of hydrogen-bond donors (Lipinski definition) is 1. The van der Waals surface area contributed by atoms with Crippen LogP contribution >= 0.6 is 15.9 Å². The first-order valence-corrected chi connectivity index (χ1v) is 7.54. The lowest BCUT2D eigenvalue weighted by atomic mass is 10.2. The van der Waals surface area contributed by atoms with Gasteiger partial charge in [0.05, 0.1) is 13.2 Å². The Bertz CT molecular complexity index is 410. The van der Waals surface area contributed by atoms with Gasteiger partial charge in [-0.1, -0.05) is 22.0 Å². The van der Waals surface area contributed by atoms with E-state index in [2.05, 4.69) is 21.2 Å². The molecule has 0 unspecified atom stereocenters. The van der Waals surface area contributed by atoms with Gasteiger partial charge < -0.3 is 14.8 Å². The number of carbonyl (C=O) groups is 1. The Balaban J connectivity index is 2.69. The molecule has 0 bridgehead atoms. The zero-order valence-corrected chi connectivity index (χ0v) is 13.0. The third-order valence-electron chi connectivity index (χ3n) is 2.42. The molecule has 1 aromatic rings. The molecule has 0 saturated carbocycles. The summed E-state index contributed by atoms with van der Waals surface area (Å²) in [5.74, 6) is 1.49. The van der Waals surface area contributed by atoms with Crippen LogP contribution in [0.25, 0.3) is 0 Å². The van der Waals surface area contributed by atoms with E-state index < -0.39 is 0 Å². The highest BCUT2D eigenvalue weighted by Crippen LogP contribution is 2.28. The topological polar surface area (TPSA) is 47.6 Å². The number of benzene rings is 1. The molecule has 0 fully saturated rings. The molecule has 1 N–H and O–H groups in total. The average molecular weight is 330 g/mol. The molecule has 5 heteroatoms. The quantitative estimate of drug-likeness (QED) is 0.746. The number of ether oxygens (including phenoxy) is 2. The summed E-state index contributed by atoms with van der Waals surface area (Å²) in [6.07, 6.45) is 0.481. The maximum atomic E-state index is 11.4. The minimum Gasteiger partial charge on any atom is -0.490 e. The normalized spacial score (nSPS) is 10.1. The SMILES string of the molecule is CCOc1ccc(CNC(=O)CCBr)cc1OCC. The zero-order valence-electron chi connectivity index (χ0n) is 11.4. The second-order valence-corrected chi connectivity index (χ2v) is 4.66. The smallest absolute Gasteiger partial charge is 0.221 e. The minimum atomic E-state index is 0.0312. The van der Waals surface area contributed by atoms with Gasteiger partial charge in [-0.3, -0.25) is 4.79 Å². The largest absolute Gasteiger partial charge is 0.490 e. The van der Waals surface area contributed by atoms with E-state index in [0.29, 0.717) is 31.5 Å². The molecule has 0 aliphatic rings. The maximum absolute atomic E-state index is 11.4. The van der Waals surface area contributed by atoms with Crippen molar-refractivity contribution in [2.75, 3.05) is 18.5 Å². The molecule has 106 valence electrons. The van der Waals surface area contributed by atoms with E-state index in [4.69, 9.17) is 9.47 Å². The molecule has 1 rings (SSSR count). The Hall–Kier alpha value is -1.23. The molecule has 0 aliphatic carbocycles. The lowest BCUT2D eigenvalue weighted by Gasteiger charge is -2.12. The van der Waals surface area contributed by atoms with E-state index >= 15 is 0 Å². The lowest BCUT2D eigenvalue weighted by molar-refractivity contribution is -0.120. The number of alkyl halides is 1. The van der Waals surface area contributed by atoms with E-state index in [1.165, 1.54) is 0 Å². The fraction of sp³-hybridized carbons (Fsp3) is 0.500. The number of hydrogen-bond acceptors (Lipinski definition) is 3. The second kappa shape index (κ2) is 8.80. The average Bonchev–Trinajstić information content (AvgIpc) is 2.40. The van der Waals surface area contributed by atoms with Gasteiger partial charge in [-0.2, -0.15) is 0 Å².